The summed E-state index contributed by atoms with van der Waals surface area (Å²) >= 11 is 1.82. The van der Waals surface area contributed by atoms with Gasteiger partial charge >= 0.3 is 12.2 Å². The second-order valence-electron chi connectivity index (χ2n) is 3.08. The fourth-order valence-corrected chi connectivity index (χ4v) is 1.61. The number of hydrogen-bond donors (Lipinski definition) is 2. The third-order valence-electron chi connectivity index (χ3n) is 1.57. The van der Waals surface area contributed by atoms with Crippen LogP contribution in [0.1, 0.15) is 0 Å². The summed E-state index contributed by atoms with van der Waals surface area (Å²) < 4.78 is 48.8. The number of rotatable bonds is 2. The van der Waals surface area contributed by atoms with Crippen molar-refractivity contribution in [1.29, 1.82) is 0 Å². The molecule has 0 unspecified atom stereocenters. The van der Waals surface area contributed by atoms with E-state index in [4.69, 9.17) is 0 Å². The summed E-state index contributed by atoms with van der Waals surface area (Å²) in [5.74, 6) is -0.581. The highest BCUT2D eigenvalue weighted by atomic mass is 127. The molecule has 3 nitrogen and oxygen atoms in total. The van der Waals surface area contributed by atoms with Gasteiger partial charge in [-0.2, -0.15) is 13.2 Å². The van der Waals surface area contributed by atoms with Gasteiger partial charge in [-0.25, -0.2) is 9.18 Å². The Labute approximate surface area is 108 Å². The molecule has 1 rings (SSSR count). The molecule has 0 bridgehead atoms. The Morgan fingerprint density at radius 1 is 1.29 bits per heavy atom. The fourth-order valence-electron chi connectivity index (χ4n) is 0.982. The molecular formula is C9H7F4IN2O. The topological polar surface area (TPSA) is 41.1 Å². The minimum Gasteiger partial charge on any atom is -0.329 e. The van der Waals surface area contributed by atoms with Crippen molar-refractivity contribution in [1.82, 2.24) is 5.32 Å². The summed E-state index contributed by atoms with van der Waals surface area (Å²) in [6.45, 7) is -1.44. The van der Waals surface area contributed by atoms with Crippen LogP contribution in [0.3, 0.4) is 0 Å². The molecule has 0 aliphatic heterocycles. The molecule has 1 aromatic carbocycles. The monoisotopic (exact) mass is 362 g/mol. The molecule has 0 aliphatic rings. The van der Waals surface area contributed by atoms with Crippen LogP contribution in [0, 0.1) is 9.39 Å². The molecule has 94 valence electrons. The number of hydrogen-bond acceptors (Lipinski definition) is 1. The number of carbonyl (C=O) groups excluding carboxylic acids is 1. The lowest BCUT2D eigenvalue weighted by molar-refractivity contribution is -0.122. The Kier molecular flexibility index (Phi) is 4.54. The number of anilines is 1. The van der Waals surface area contributed by atoms with Crippen molar-refractivity contribution >= 4 is 34.3 Å². The van der Waals surface area contributed by atoms with E-state index in [1.807, 2.05) is 22.6 Å². The first-order valence-electron chi connectivity index (χ1n) is 4.34. The van der Waals surface area contributed by atoms with Crippen LogP contribution in [-0.2, 0) is 0 Å². The largest absolute Gasteiger partial charge is 0.405 e. The van der Waals surface area contributed by atoms with Gasteiger partial charge in [0.15, 0.2) is 0 Å². The Morgan fingerprint density at radius 3 is 2.47 bits per heavy atom. The second-order valence-corrected chi connectivity index (χ2v) is 4.33. The average molecular weight is 362 g/mol. The SMILES string of the molecule is O=C(NCC(F)(F)F)Nc1cc(F)cc(I)c1. The van der Waals surface area contributed by atoms with Crippen molar-refractivity contribution in [3.05, 3.63) is 27.6 Å². The maximum absolute atomic E-state index is 12.9. The van der Waals surface area contributed by atoms with Crippen LogP contribution < -0.4 is 10.6 Å². The molecule has 0 saturated heterocycles. The molecule has 0 radical (unpaired) electrons. The molecule has 17 heavy (non-hydrogen) atoms. The number of alkyl halides is 3. The average Bonchev–Trinajstić information content (AvgIpc) is 2.11. The molecule has 2 amide bonds. The summed E-state index contributed by atoms with van der Waals surface area (Å²) in [6.07, 6.45) is -4.48. The number of halogens is 5. The molecular weight excluding hydrogens is 355 g/mol. The molecule has 0 saturated carbocycles. The van der Waals surface area contributed by atoms with Crippen molar-refractivity contribution in [2.24, 2.45) is 0 Å². The van der Waals surface area contributed by atoms with E-state index in [1.54, 1.807) is 5.32 Å². The minimum atomic E-state index is -4.48. The van der Waals surface area contributed by atoms with E-state index in [0.717, 1.165) is 6.07 Å². The summed E-state index contributed by atoms with van der Waals surface area (Å²) in [5, 5.41) is 3.71. The first-order chi connectivity index (χ1) is 7.76. The van der Waals surface area contributed by atoms with E-state index in [-0.39, 0.29) is 5.69 Å². The number of amides is 2. The van der Waals surface area contributed by atoms with E-state index in [1.165, 1.54) is 12.1 Å². The van der Waals surface area contributed by atoms with E-state index >= 15 is 0 Å². The van der Waals surface area contributed by atoms with Crippen molar-refractivity contribution in [3.8, 4) is 0 Å². The van der Waals surface area contributed by atoms with Crippen LogP contribution in [-0.4, -0.2) is 18.8 Å². The van der Waals surface area contributed by atoms with Crippen LogP contribution in [0.5, 0.6) is 0 Å². The zero-order chi connectivity index (χ0) is 13.1. The van der Waals surface area contributed by atoms with Crippen molar-refractivity contribution in [3.63, 3.8) is 0 Å². The van der Waals surface area contributed by atoms with Gasteiger partial charge < -0.3 is 10.6 Å². The van der Waals surface area contributed by atoms with Crippen molar-refractivity contribution in [2.45, 2.75) is 6.18 Å². The molecule has 2 N–H and O–H groups in total. The highest BCUT2D eigenvalue weighted by molar-refractivity contribution is 14.1. The van der Waals surface area contributed by atoms with Gasteiger partial charge in [0.25, 0.3) is 0 Å². The third-order valence-corrected chi connectivity index (χ3v) is 2.19. The Balaban J connectivity index is 2.56. The molecule has 0 aromatic heterocycles. The first-order valence-corrected chi connectivity index (χ1v) is 5.42. The molecule has 0 fully saturated rings. The van der Waals surface area contributed by atoms with Gasteiger partial charge in [-0.15, -0.1) is 0 Å². The van der Waals surface area contributed by atoms with Crippen molar-refractivity contribution < 1.29 is 22.4 Å². The number of nitrogens with one attached hydrogen (secondary N) is 2. The second kappa shape index (κ2) is 5.52. The van der Waals surface area contributed by atoms with Crippen LogP contribution in [0.2, 0.25) is 0 Å². The standard InChI is InChI=1S/C9H7F4IN2O/c10-5-1-6(14)3-7(2-5)16-8(17)15-4-9(11,12)13/h1-3H,4H2,(H2,15,16,17). The minimum absolute atomic E-state index is 0.0917. The maximum Gasteiger partial charge on any atom is 0.405 e. The van der Waals surface area contributed by atoms with E-state index in [2.05, 4.69) is 5.32 Å². The van der Waals surface area contributed by atoms with E-state index in [9.17, 15) is 22.4 Å². The van der Waals surface area contributed by atoms with Gasteiger partial charge in [-0.3, -0.25) is 0 Å². The molecule has 0 spiro atoms. The fraction of sp³-hybridized carbons (Fsp3) is 0.222. The number of benzene rings is 1. The molecule has 0 aliphatic carbocycles. The quantitative estimate of drug-likeness (QED) is 0.616. The lowest BCUT2D eigenvalue weighted by Crippen LogP contribution is -2.36. The Bertz CT molecular complexity index is 402. The van der Waals surface area contributed by atoms with Crippen LogP contribution in [0.15, 0.2) is 18.2 Å². The third kappa shape index (κ3) is 5.71. The highest BCUT2D eigenvalue weighted by Crippen LogP contribution is 2.16. The van der Waals surface area contributed by atoms with Crippen molar-refractivity contribution in [2.75, 3.05) is 11.9 Å². The van der Waals surface area contributed by atoms with Gasteiger partial charge in [0.2, 0.25) is 0 Å². The van der Waals surface area contributed by atoms with E-state index < -0.39 is 24.6 Å². The zero-order valence-electron chi connectivity index (χ0n) is 8.24. The van der Waals surface area contributed by atoms with Gasteiger partial charge in [0, 0.05) is 9.26 Å². The van der Waals surface area contributed by atoms with Gasteiger partial charge in [-0.1, -0.05) is 0 Å². The molecule has 1 aromatic rings. The molecule has 0 atom stereocenters. The number of urea groups is 1. The van der Waals surface area contributed by atoms with Crippen LogP contribution in [0.4, 0.5) is 28.0 Å². The molecule has 8 heteroatoms. The maximum atomic E-state index is 12.9. The number of carbonyl (C=O) groups is 1. The normalized spacial score (nSPS) is 11.1. The Morgan fingerprint density at radius 2 is 1.94 bits per heavy atom. The lowest BCUT2D eigenvalue weighted by atomic mass is 10.3. The zero-order valence-corrected chi connectivity index (χ0v) is 10.4. The highest BCUT2D eigenvalue weighted by Gasteiger charge is 2.27. The van der Waals surface area contributed by atoms with Crippen LogP contribution >= 0.6 is 22.6 Å². The van der Waals surface area contributed by atoms with Gasteiger partial charge in [0.1, 0.15) is 12.4 Å². The summed E-state index contributed by atoms with van der Waals surface area (Å²) in [4.78, 5) is 11.0. The predicted molar refractivity (Wildman–Crippen MR) is 62.2 cm³/mol. The van der Waals surface area contributed by atoms with Crippen LogP contribution in [0.25, 0.3) is 0 Å². The van der Waals surface area contributed by atoms with Gasteiger partial charge in [-0.05, 0) is 40.8 Å². The summed E-state index contributed by atoms with van der Waals surface area (Å²) in [7, 11) is 0. The smallest absolute Gasteiger partial charge is 0.329 e. The predicted octanol–water partition coefficient (Wildman–Crippen LogP) is 3.11. The summed E-state index contributed by atoms with van der Waals surface area (Å²) in [6, 6.07) is 2.62. The van der Waals surface area contributed by atoms with Gasteiger partial charge in [0.05, 0.1) is 0 Å². The van der Waals surface area contributed by atoms with E-state index in [0.29, 0.717) is 3.57 Å². The lowest BCUT2D eigenvalue weighted by Gasteiger charge is -2.10. The summed E-state index contributed by atoms with van der Waals surface area (Å²) in [5.41, 5.74) is 0.0917. The Hall–Kier alpha value is -1.06. The molecule has 0 heterocycles. The first kappa shape index (κ1) is 14.0.